The Bertz CT molecular complexity index is 628. The molecule has 2 aromatic rings. The molecule has 2 rings (SSSR count). The van der Waals surface area contributed by atoms with Gasteiger partial charge in [0.25, 0.3) is 0 Å². The van der Waals surface area contributed by atoms with Crippen LogP contribution in [0.3, 0.4) is 0 Å². The van der Waals surface area contributed by atoms with Gasteiger partial charge in [0.15, 0.2) is 5.82 Å². The molecule has 120 valence electrons. The number of halogens is 4. The van der Waals surface area contributed by atoms with Crippen molar-refractivity contribution in [3.8, 4) is 11.4 Å². The average Bonchev–Trinajstić information content (AvgIpc) is 2.96. The van der Waals surface area contributed by atoms with E-state index < -0.39 is 17.6 Å². The smallest absolute Gasteiger partial charge is 0.362 e. The van der Waals surface area contributed by atoms with Gasteiger partial charge < -0.3 is 9.47 Å². The first-order valence-electron chi connectivity index (χ1n) is 6.12. The minimum absolute atomic E-state index is 0.184. The molecule has 0 N–H and O–H groups in total. The van der Waals surface area contributed by atoms with Crippen molar-refractivity contribution in [2.45, 2.75) is 18.8 Å². The van der Waals surface area contributed by atoms with Gasteiger partial charge in [0.1, 0.15) is 13.1 Å². The van der Waals surface area contributed by atoms with E-state index in [2.05, 4.69) is 14.8 Å². The Balaban J connectivity index is 2.26. The fourth-order valence-corrected chi connectivity index (χ4v) is 1.75. The zero-order valence-corrected chi connectivity index (χ0v) is 11.8. The molecule has 1 aromatic carbocycles. The normalized spacial score (nSPS) is 12.6. The molecule has 0 unspecified atom stereocenters. The monoisotopic (exact) mass is 319 g/mol. The van der Waals surface area contributed by atoms with Crippen LogP contribution >= 0.6 is 0 Å². The maximum absolute atomic E-state index is 13.6. The molecule has 0 spiro atoms. The summed E-state index contributed by atoms with van der Waals surface area (Å²) in [6.07, 6.45) is -3.19. The highest BCUT2D eigenvalue weighted by molar-refractivity contribution is 5.55. The Morgan fingerprint density at radius 1 is 1.09 bits per heavy atom. The van der Waals surface area contributed by atoms with E-state index in [1.165, 1.54) is 30.3 Å². The molecule has 0 atom stereocenters. The highest BCUT2D eigenvalue weighted by atomic mass is 19.3. The second-order valence-corrected chi connectivity index (χ2v) is 4.40. The van der Waals surface area contributed by atoms with Crippen LogP contribution in [0.25, 0.3) is 11.4 Å². The van der Waals surface area contributed by atoms with Gasteiger partial charge in [-0.2, -0.15) is 17.6 Å². The van der Waals surface area contributed by atoms with Gasteiger partial charge in [0.2, 0.25) is 0 Å². The van der Waals surface area contributed by atoms with Gasteiger partial charge in [-0.3, -0.25) is 0 Å². The number of methoxy groups -OCH3 is 2. The highest BCUT2D eigenvalue weighted by Crippen LogP contribution is 2.43. The molecule has 0 radical (unpaired) electrons. The number of rotatable bonds is 6. The maximum atomic E-state index is 13.6. The first-order chi connectivity index (χ1) is 10.3. The number of nitrogens with zero attached hydrogens (tertiary/aromatic N) is 3. The third-order valence-electron chi connectivity index (χ3n) is 2.93. The third kappa shape index (κ3) is 2.95. The molecule has 0 aliphatic rings. The molecule has 0 amide bonds. The van der Waals surface area contributed by atoms with Gasteiger partial charge in [-0.25, -0.2) is 9.67 Å². The number of hydrogen-bond donors (Lipinski definition) is 0. The van der Waals surface area contributed by atoms with E-state index >= 15 is 0 Å². The molecule has 5 nitrogen and oxygen atoms in total. The topological polar surface area (TPSA) is 49.2 Å². The zero-order chi connectivity index (χ0) is 16.4. The van der Waals surface area contributed by atoms with Crippen molar-refractivity contribution < 1.29 is 27.0 Å². The second-order valence-electron chi connectivity index (χ2n) is 4.40. The van der Waals surface area contributed by atoms with Crippen molar-refractivity contribution in [2.75, 3.05) is 14.2 Å². The molecule has 1 aromatic heterocycles. The molecular weight excluding hydrogens is 306 g/mol. The first kappa shape index (κ1) is 16.4. The van der Waals surface area contributed by atoms with Gasteiger partial charge in [-0.1, -0.05) is 24.3 Å². The van der Waals surface area contributed by atoms with E-state index in [1.54, 1.807) is 0 Å². The lowest BCUT2D eigenvalue weighted by Gasteiger charge is -2.24. The quantitative estimate of drug-likeness (QED) is 0.768. The molecule has 0 aliphatic carbocycles. The summed E-state index contributed by atoms with van der Waals surface area (Å²) in [5, 5.41) is 4.05. The van der Waals surface area contributed by atoms with Gasteiger partial charge in [-0.05, 0) is 0 Å². The number of benzene rings is 1. The van der Waals surface area contributed by atoms with E-state index in [9.17, 15) is 17.6 Å². The van der Waals surface area contributed by atoms with Gasteiger partial charge in [0, 0.05) is 25.3 Å². The lowest BCUT2D eigenvalue weighted by Crippen LogP contribution is -2.39. The van der Waals surface area contributed by atoms with Crippen LogP contribution in [0.5, 0.6) is 0 Å². The predicted octanol–water partition coefficient (Wildman–Crippen LogP) is 2.88. The fourth-order valence-electron chi connectivity index (χ4n) is 1.75. The molecule has 0 saturated heterocycles. The summed E-state index contributed by atoms with van der Waals surface area (Å²) in [4.78, 5) is 3.97. The molecule has 0 fully saturated rings. The van der Waals surface area contributed by atoms with Crippen molar-refractivity contribution in [1.29, 1.82) is 0 Å². The number of ether oxygens (including phenoxy) is 2. The van der Waals surface area contributed by atoms with Crippen LogP contribution in [0.4, 0.5) is 17.6 Å². The largest absolute Gasteiger partial charge is 0.423 e. The van der Waals surface area contributed by atoms with Crippen LogP contribution in [0, 0.1) is 0 Å². The van der Waals surface area contributed by atoms with Crippen LogP contribution in [-0.2, 0) is 22.1 Å². The highest BCUT2D eigenvalue weighted by Gasteiger charge is 2.58. The van der Waals surface area contributed by atoms with Crippen molar-refractivity contribution in [2.24, 2.45) is 0 Å². The van der Waals surface area contributed by atoms with Crippen molar-refractivity contribution in [3.63, 3.8) is 0 Å². The van der Waals surface area contributed by atoms with E-state index in [4.69, 9.17) is 4.74 Å². The minimum atomic E-state index is -4.59. The van der Waals surface area contributed by atoms with Gasteiger partial charge in [-0.15, -0.1) is 5.10 Å². The summed E-state index contributed by atoms with van der Waals surface area (Å²) < 4.78 is 63.4. The Hall–Kier alpha value is -2.00. The standard InChI is InChI=1S/C13H13F4N3O2/c1-21-8-20-7-18-11(19-20)9-3-5-10(6-4-9)12(14,15)13(16,17)22-2/h3-7H,8H2,1-2H3. The van der Waals surface area contributed by atoms with Crippen molar-refractivity contribution >= 4 is 0 Å². The summed E-state index contributed by atoms with van der Waals surface area (Å²) in [6, 6.07) is 4.25. The summed E-state index contributed by atoms with van der Waals surface area (Å²) >= 11 is 0. The Morgan fingerprint density at radius 3 is 2.27 bits per heavy atom. The maximum Gasteiger partial charge on any atom is 0.423 e. The van der Waals surface area contributed by atoms with E-state index in [1.807, 2.05) is 0 Å². The first-order valence-corrected chi connectivity index (χ1v) is 6.12. The lowest BCUT2D eigenvalue weighted by molar-refractivity contribution is -0.344. The van der Waals surface area contributed by atoms with E-state index in [-0.39, 0.29) is 12.6 Å². The second kappa shape index (κ2) is 6.01. The molecule has 0 bridgehead atoms. The fraction of sp³-hybridized carbons (Fsp3) is 0.385. The molecule has 0 aliphatic heterocycles. The van der Waals surface area contributed by atoms with E-state index in [0.717, 1.165) is 12.1 Å². The zero-order valence-electron chi connectivity index (χ0n) is 11.8. The Kier molecular flexibility index (Phi) is 4.47. The van der Waals surface area contributed by atoms with Crippen LogP contribution in [0.2, 0.25) is 0 Å². The van der Waals surface area contributed by atoms with E-state index in [0.29, 0.717) is 12.7 Å². The van der Waals surface area contributed by atoms with Crippen LogP contribution in [0.15, 0.2) is 30.6 Å². The lowest BCUT2D eigenvalue weighted by atomic mass is 10.1. The van der Waals surface area contributed by atoms with Crippen LogP contribution < -0.4 is 0 Å². The number of alkyl halides is 4. The van der Waals surface area contributed by atoms with Crippen LogP contribution in [0.1, 0.15) is 5.56 Å². The summed E-state index contributed by atoms with van der Waals surface area (Å²) in [5.41, 5.74) is -0.449. The van der Waals surface area contributed by atoms with Crippen molar-refractivity contribution in [3.05, 3.63) is 36.2 Å². The summed E-state index contributed by atoms with van der Waals surface area (Å²) in [7, 11) is 2.00. The van der Waals surface area contributed by atoms with Crippen LogP contribution in [-0.4, -0.2) is 35.1 Å². The van der Waals surface area contributed by atoms with Gasteiger partial charge in [0.05, 0.1) is 0 Å². The van der Waals surface area contributed by atoms with Crippen molar-refractivity contribution in [1.82, 2.24) is 14.8 Å². The SMILES string of the molecule is COCn1cnc(-c2ccc(C(F)(F)C(F)(F)OC)cc2)n1. The predicted molar refractivity (Wildman–Crippen MR) is 68.3 cm³/mol. The molecule has 0 saturated carbocycles. The summed E-state index contributed by atoms with van der Waals surface area (Å²) in [6.45, 7) is 0.184. The van der Waals surface area contributed by atoms with Gasteiger partial charge >= 0.3 is 12.0 Å². The Labute approximate surface area is 123 Å². The molecule has 1 heterocycles. The molecule has 22 heavy (non-hydrogen) atoms. The third-order valence-corrected chi connectivity index (χ3v) is 2.93. The molecule has 9 heteroatoms. The minimum Gasteiger partial charge on any atom is -0.362 e. The number of aromatic nitrogens is 3. The summed E-state index contributed by atoms with van der Waals surface area (Å²) in [5.74, 6) is -4.17. The average molecular weight is 319 g/mol. The number of hydrogen-bond acceptors (Lipinski definition) is 4. The Morgan fingerprint density at radius 2 is 1.73 bits per heavy atom. The molecular formula is C13H13F4N3O2.